The second-order valence-electron chi connectivity index (χ2n) is 6.27. The average molecular weight is 374 g/mol. The van der Waals surface area contributed by atoms with Crippen molar-refractivity contribution in [2.24, 2.45) is 0 Å². The van der Waals surface area contributed by atoms with Crippen molar-refractivity contribution in [1.82, 2.24) is 0 Å². The first-order valence-electron chi connectivity index (χ1n) is 8.02. The van der Waals surface area contributed by atoms with Crippen molar-refractivity contribution in [1.29, 1.82) is 0 Å². The third kappa shape index (κ3) is 2.77. The number of ether oxygens (including phenoxy) is 1. The van der Waals surface area contributed by atoms with E-state index in [-0.39, 0.29) is 23.6 Å². The summed E-state index contributed by atoms with van der Waals surface area (Å²) in [6.07, 6.45) is 0. The van der Waals surface area contributed by atoms with Crippen molar-refractivity contribution < 1.29 is 13.2 Å². The number of thiocarbonyl (C=S) groups is 1. The van der Waals surface area contributed by atoms with Gasteiger partial charge in [0.2, 0.25) is 0 Å². The number of methoxy groups -OCH3 is 1. The van der Waals surface area contributed by atoms with Crippen LogP contribution in [0.5, 0.6) is 5.75 Å². The zero-order valence-corrected chi connectivity index (χ0v) is 15.3. The minimum absolute atomic E-state index is 0.118. The zero-order valence-electron chi connectivity index (χ0n) is 13.7. The summed E-state index contributed by atoms with van der Waals surface area (Å²) in [6, 6.07) is 17.0. The minimum atomic E-state index is -3.09. The highest BCUT2D eigenvalue weighted by Crippen LogP contribution is 2.38. The Morgan fingerprint density at radius 3 is 1.96 bits per heavy atom. The lowest BCUT2D eigenvalue weighted by atomic mass is 10.1. The molecule has 2 heterocycles. The Balaban J connectivity index is 1.77. The molecular formula is C18H18N2O3S2. The number of para-hydroxylation sites is 1. The molecule has 2 fully saturated rings. The Hall–Kier alpha value is -2.12. The van der Waals surface area contributed by atoms with Crippen molar-refractivity contribution in [3.8, 4) is 5.75 Å². The molecule has 2 atom stereocenters. The van der Waals surface area contributed by atoms with Crippen LogP contribution in [0.3, 0.4) is 0 Å². The summed E-state index contributed by atoms with van der Waals surface area (Å²) >= 11 is 5.74. The first-order valence-corrected chi connectivity index (χ1v) is 10.2. The summed E-state index contributed by atoms with van der Waals surface area (Å²) in [5, 5.41) is 0.640. The fourth-order valence-electron chi connectivity index (χ4n) is 3.64. The number of anilines is 2. The van der Waals surface area contributed by atoms with Gasteiger partial charge < -0.3 is 14.5 Å². The van der Waals surface area contributed by atoms with Crippen molar-refractivity contribution in [3.05, 3.63) is 54.6 Å². The molecule has 2 aliphatic heterocycles. The Labute approximate surface area is 152 Å². The smallest absolute Gasteiger partial charge is 0.181 e. The number of benzene rings is 2. The Morgan fingerprint density at radius 1 is 0.920 bits per heavy atom. The van der Waals surface area contributed by atoms with Gasteiger partial charge in [-0.25, -0.2) is 8.42 Å². The molecule has 0 bridgehead atoms. The second-order valence-corrected chi connectivity index (χ2v) is 8.79. The molecule has 4 rings (SSSR count). The van der Waals surface area contributed by atoms with Crippen molar-refractivity contribution in [2.45, 2.75) is 12.1 Å². The maximum atomic E-state index is 12.3. The summed E-state index contributed by atoms with van der Waals surface area (Å²) in [4.78, 5) is 3.95. The van der Waals surface area contributed by atoms with E-state index < -0.39 is 9.84 Å². The van der Waals surface area contributed by atoms with Crippen LogP contribution in [0, 0.1) is 0 Å². The van der Waals surface area contributed by atoms with Gasteiger partial charge in [-0.15, -0.1) is 0 Å². The lowest BCUT2D eigenvalue weighted by Crippen LogP contribution is -2.37. The lowest BCUT2D eigenvalue weighted by molar-refractivity contribution is 0.415. The normalized spacial score (nSPS) is 24.4. The van der Waals surface area contributed by atoms with E-state index in [4.69, 9.17) is 17.0 Å². The van der Waals surface area contributed by atoms with Gasteiger partial charge in [0.1, 0.15) is 5.75 Å². The molecule has 0 unspecified atom stereocenters. The molecule has 2 aliphatic rings. The molecule has 0 saturated carbocycles. The molecule has 0 radical (unpaired) electrons. The van der Waals surface area contributed by atoms with Crippen LogP contribution in [0.15, 0.2) is 54.6 Å². The molecule has 2 aromatic carbocycles. The highest BCUT2D eigenvalue weighted by atomic mass is 32.2. The predicted octanol–water partition coefficient (Wildman–Crippen LogP) is 2.47. The summed E-state index contributed by atoms with van der Waals surface area (Å²) in [7, 11) is -1.47. The lowest BCUT2D eigenvalue weighted by Gasteiger charge is -2.25. The maximum Gasteiger partial charge on any atom is 0.181 e. The number of hydrogen-bond acceptors (Lipinski definition) is 4. The van der Waals surface area contributed by atoms with Crippen molar-refractivity contribution in [2.75, 3.05) is 28.4 Å². The van der Waals surface area contributed by atoms with Gasteiger partial charge in [-0.1, -0.05) is 18.2 Å². The Morgan fingerprint density at radius 2 is 1.44 bits per heavy atom. The molecule has 0 aromatic heterocycles. The third-order valence-corrected chi connectivity index (χ3v) is 6.85. The number of rotatable bonds is 3. The van der Waals surface area contributed by atoms with Gasteiger partial charge in [0.25, 0.3) is 0 Å². The highest BCUT2D eigenvalue weighted by molar-refractivity contribution is 7.91. The van der Waals surface area contributed by atoms with E-state index in [0.717, 1.165) is 17.1 Å². The van der Waals surface area contributed by atoms with E-state index in [1.165, 1.54) is 0 Å². The van der Waals surface area contributed by atoms with Crippen LogP contribution in [0.1, 0.15) is 0 Å². The van der Waals surface area contributed by atoms with E-state index in [2.05, 4.69) is 0 Å². The fraction of sp³-hybridized carbons (Fsp3) is 0.278. The van der Waals surface area contributed by atoms with Gasteiger partial charge in [-0.05, 0) is 48.6 Å². The van der Waals surface area contributed by atoms with Crippen LogP contribution in [-0.2, 0) is 9.84 Å². The zero-order chi connectivity index (χ0) is 17.6. The standard InChI is InChI=1S/C18H18N2O3S2/c1-23-15-9-7-14(8-10-15)20-17-12-25(21,22)11-16(17)19(18(20)24)13-5-3-2-4-6-13/h2-10,16-17H,11-12H2,1H3/t16-,17-/m1/s1. The first-order chi connectivity index (χ1) is 12.0. The van der Waals surface area contributed by atoms with E-state index in [9.17, 15) is 8.42 Å². The number of hydrogen-bond donors (Lipinski definition) is 0. The highest BCUT2D eigenvalue weighted by Gasteiger charge is 2.52. The third-order valence-electron chi connectivity index (χ3n) is 4.75. The Kier molecular flexibility index (Phi) is 3.92. The van der Waals surface area contributed by atoms with Crippen LogP contribution in [0.25, 0.3) is 0 Å². The SMILES string of the molecule is COc1ccc(N2C(=S)N(c3ccccc3)[C@@H]3CS(=O)(=O)C[C@H]32)cc1. The Bertz CT molecular complexity index is 898. The van der Waals surface area contributed by atoms with E-state index >= 15 is 0 Å². The number of fused-ring (bicyclic) bond motifs is 1. The molecule has 0 spiro atoms. The van der Waals surface area contributed by atoms with Crippen molar-refractivity contribution in [3.63, 3.8) is 0 Å². The summed E-state index contributed by atoms with van der Waals surface area (Å²) < 4.78 is 29.8. The molecule has 5 nitrogen and oxygen atoms in total. The van der Waals surface area contributed by atoms with E-state index in [1.54, 1.807) is 7.11 Å². The van der Waals surface area contributed by atoms with Gasteiger partial charge in [-0.2, -0.15) is 0 Å². The summed E-state index contributed by atoms with van der Waals surface area (Å²) in [5.74, 6) is 0.997. The monoisotopic (exact) mass is 374 g/mol. The van der Waals surface area contributed by atoms with Crippen LogP contribution in [-0.4, -0.2) is 44.2 Å². The molecule has 0 aliphatic carbocycles. The van der Waals surface area contributed by atoms with E-state index in [1.807, 2.05) is 64.4 Å². The first kappa shape index (κ1) is 16.4. The van der Waals surface area contributed by atoms with Gasteiger partial charge in [0.05, 0.1) is 30.7 Å². The molecule has 2 aromatic rings. The maximum absolute atomic E-state index is 12.3. The molecular weight excluding hydrogens is 356 g/mol. The summed E-state index contributed by atoms with van der Waals surface area (Å²) in [5.41, 5.74) is 1.81. The van der Waals surface area contributed by atoms with E-state index in [0.29, 0.717) is 5.11 Å². The molecule has 130 valence electrons. The largest absolute Gasteiger partial charge is 0.497 e. The second kappa shape index (κ2) is 6.00. The average Bonchev–Trinajstić information content (AvgIpc) is 3.04. The predicted molar refractivity (Wildman–Crippen MR) is 103 cm³/mol. The van der Waals surface area contributed by atoms with Crippen LogP contribution >= 0.6 is 12.2 Å². The number of nitrogens with zero attached hydrogens (tertiary/aromatic N) is 2. The van der Waals surface area contributed by atoms with Gasteiger partial charge in [0.15, 0.2) is 14.9 Å². The van der Waals surface area contributed by atoms with Gasteiger partial charge in [-0.3, -0.25) is 0 Å². The van der Waals surface area contributed by atoms with Crippen LogP contribution in [0.2, 0.25) is 0 Å². The van der Waals surface area contributed by atoms with Crippen LogP contribution < -0.4 is 14.5 Å². The van der Waals surface area contributed by atoms with Crippen LogP contribution in [0.4, 0.5) is 11.4 Å². The molecule has 25 heavy (non-hydrogen) atoms. The number of sulfone groups is 1. The minimum Gasteiger partial charge on any atom is -0.497 e. The van der Waals surface area contributed by atoms with Crippen molar-refractivity contribution >= 4 is 38.5 Å². The quantitative estimate of drug-likeness (QED) is 0.770. The topological polar surface area (TPSA) is 49.9 Å². The fourth-order valence-corrected chi connectivity index (χ4v) is 6.04. The van der Waals surface area contributed by atoms with Gasteiger partial charge in [0, 0.05) is 11.4 Å². The van der Waals surface area contributed by atoms with Gasteiger partial charge >= 0.3 is 0 Å². The molecule has 0 N–H and O–H groups in total. The summed E-state index contributed by atoms with van der Waals surface area (Å²) in [6.45, 7) is 0. The molecule has 0 amide bonds. The molecule has 7 heteroatoms. The molecule has 2 saturated heterocycles.